The topological polar surface area (TPSA) is 60.2 Å². The molecule has 3 N–H and O–H groups in total. The summed E-state index contributed by atoms with van der Waals surface area (Å²) in [6, 6.07) is 2.10. The Hall–Kier alpha value is -1.13. The number of nitrogens with one attached hydrogen (secondary N) is 1. The molecule has 0 amide bonds. The van der Waals surface area contributed by atoms with Crippen LogP contribution in [0.1, 0.15) is 44.2 Å². The number of nitrogen functional groups attached to an aromatic ring is 1. The number of aromatic nitrogens is 1. The summed E-state index contributed by atoms with van der Waals surface area (Å²) in [5, 5.41) is 3.49. The Morgan fingerprint density at radius 3 is 3.11 bits per heavy atom. The lowest BCUT2D eigenvalue weighted by Gasteiger charge is -2.28. The third kappa shape index (κ3) is 3.43. The van der Waals surface area contributed by atoms with E-state index >= 15 is 0 Å². The molecule has 2 rings (SSSR count). The van der Waals surface area contributed by atoms with Crippen LogP contribution in [0.15, 0.2) is 18.5 Å². The van der Waals surface area contributed by atoms with Crippen molar-refractivity contribution in [3.63, 3.8) is 0 Å². The standard InChI is InChI=1S/C14H23N3O/c1-2-17-14(9-11-5-3-4-8-18-11)12-10-16-7-6-13(12)15/h6-7,10-11,14,17H,2-5,8-9H2,1H3,(H2,15,16). The first kappa shape index (κ1) is 13.3. The second-order valence-electron chi connectivity index (χ2n) is 4.84. The minimum absolute atomic E-state index is 0.242. The lowest BCUT2D eigenvalue weighted by Crippen LogP contribution is -2.29. The normalized spacial score (nSPS) is 21.7. The molecule has 0 saturated carbocycles. The average molecular weight is 249 g/mol. The van der Waals surface area contributed by atoms with Crippen molar-refractivity contribution in [2.75, 3.05) is 18.9 Å². The molecule has 1 aliphatic heterocycles. The van der Waals surface area contributed by atoms with E-state index in [1.54, 1.807) is 6.20 Å². The molecule has 2 atom stereocenters. The minimum atomic E-state index is 0.242. The number of hydrogen-bond donors (Lipinski definition) is 2. The molecule has 100 valence electrons. The molecule has 1 aliphatic rings. The smallest absolute Gasteiger partial charge is 0.0593 e. The van der Waals surface area contributed by atoms with E-state index in [9.17, 15) is 0 Å². The molecular weight excluding hydrogens is 226 g/mol. The molecule has 0 radical (unpaired) electrons. The first-order valence-corrected chi connectivity index (χ1v) is 6.85. The summed E-state index contributed by atoms with van der Waals surface area (Å²) in [5.74, 6) is 0. The third-order valence-electron chi connectivity index (χ3n) is 3.49. The van der Waals surface area contributed by atoms with Crippen LogP contribution in [-0.4, -0.2) is 24.2 Å². The molecular formula is C14H23N3O. The van der Waals surface area contributed by atoms with Gasteiger partial charge in [0.25, 0.3) is 0 Å². The van der Waals surface area contributed by atoms with Crippen molar-refractivity contribution >= 4 is 5.69 Å². The van der Waals surface area contributed by atoms with E-state index in [1.165, 1.54) is 12.8 Å². The summed E-state index contributed by atoms with van der Waals surface area (Å²) in [7, 11) is 0. The lowest BCUT2D eigenvalue weighted by molar-refractivity contribution is 0.00517. The van der Waals surface area contributed by atoms with Gasteiger partial charge in [-0.25, -0.2) is 0 Å². The summed E-state index contributed by atoms with van der Waals surface area (Å²) >= 11 is 0. The zero-order valence-corrected chi connectivity index (χ0v) is 11.1. The maximum absolute atomic E-state index is 6.04. The fourth-order valence-corrected chi connectivity index (χ4v) is 2.53. The van der Waals surface area contributed by atoms with Gasteiger partial charge in [-0.05, 0) is 38.3 Å². The second-order valence-corrected chi connectivity index (χ2v) is 4.84. The number of nitrogens with zero attached hydrogens (tertiary/aromatic N) is 1. The summed E-state index contributed by atoms with van der Waals surface area (Å²) in [6.07, 6.45) is 8.54. The molecule has 2 heterocycles. The number of anilines is 1. The molecule has 0 bridgehead atoms. The largest absolute Gasteiger partial charge is 0.398 e. The molecule has 1 aromatic heterocycles. The molecule has 4 heteroatoms. The maximum atomic E-state index is 6.04. The average Bonchev–Trinajstić information content (AvgIpc) is 2.40. The molecule has 1 saturated heterocycles. The molecule has 1 aromatic rings. The van der Waals surface area contributed by atoms with Gasteiger partial charge in [-0.15, -0.1) is 0 Å². The van der Waals surface area contributed by atoms with Gasteiger partial charge in [-0.3, -0.25) is 4.98 Å². The second kappa shape index (κ2) is 6.71. The van der Waals surface area contributed by atoms with Crippen molar-refractivity contribution in [3.05, 3.63) is 24.0 Å². The fourth-order valence-electron chi connectivity index (χ4n) is 2.53. The first-order chi connectivity index (χ1) is 8.81. The van der Waals surface area contributed by atoms with Crippen LogP contribution < -0.4 is 11.1 Å². The highest BCUT2D eigenvalue weighted by molar-refractivity contribution is 5.46. The van der Waals surface area contributed by atoms with Gasteiger partial charge in [0.1, 0.15) is 0 Å². The Morgan fingerprint density at radius 2 is 2.44 bits per heavy atom. The Kier molecular flexibility index (Phi) is 4.96. The fraction of sp³-hybridized carbons (Fsp3) is 0.643. The van der Waals surface area contributed by atoms with Gasteiger partial charge >= 0.3 is 0 Å². The zero-order chi connectivity index (χ0) is 12.8. The van der Waals surface area contributed by atoms with Gasteiger partial charge in [0, 0.05) is 36.3 Å². The third-order valence-corrected chi connectivity index (χ3v) is 3.49. The Labute approximate surface area is 109 Å². The molecule has 1 fully saturated rings. The van der Waals surface area contributed by atoms with Crippen molar-refractivity contribution in [2.45, 2.75) is 44.8 Å². The van der Waals surface area contributed by atoms with E-state index < -0.39 is 0 Å². The monoisotopic (exact) mass is 249 g/mol. The number of rotatable bonds is 5. The highest BCUT2D eigenvalue weighted by atomic mass is 16.5. The molecule has 0 aromatic carbocycles. The predicted molar refractivity (Wildman–Crippen MR) is 73.3 cm³/mol. The van der Waals surface area contributed by atoms with Gasteiger partial charge in [0.15, 0.2) is 0 Å². The van der Waals surface area contributed by atoms with Crippen molar-refractivity contribution in [3.8, 4) is 0 Å². The van der Waals surface area contributed by atoms with Crippen LogP contribution in [0.4, 0.5) is 5.69 Å². The number of pyridine rings is 1. The van der Waals surface area contributed by atoms with Crippen molar-refractivity contribution in [1.82, 2.24) is 10.3 Å². The van der Waals surface area contributed by atoms with E-state index in [2.05, 4.69) is 17.2 Å². The summed E-state index contributed by atoms with van der Waals surface area (Å²) in [6.45, 7) is 3.93. The quantitative estimate of drug-likeness (QED) is 0.840. The van der Waals surface area contributed by atoms with Gasteiger partial charge in [0.05, 0.1) is 6.10 Å². The molecule has 4 nitrogen and oxygen atoms in total. The van der Waals surface area contributed by atoms with Crippen molar-refractivity contribution in [2.24, 2.45) is 0 Å². The maximum Gasteiger partial charge on any atom is 0.0593 e. The van der Waals surface area contributed by atoms with Crippen molar-refractivity contribution < 1.29 is 4.74 Å². The number of nitrogens with two attached hydrogens (primary N) is 1. The van der Waals surface area contributed by atoms with E-state index in [-0.39, 0.29) is 6.04 Å². The van der Waals surface area contributed by atoms with Gasteiger partial charge in [0.2, 0.25) is 0 Å². The van der Waals surface area contributed by atoms with Crippen LogP contribution in [0, 0.1) is 0 Å². The number of hydrogen-bond acceptors (Lipinski definition) is 4. The summed E-state index contributed by atoms with van der Waals surface area (Å²) in [4.78, 5) is 4.18. The van der Waals surface area contributed by atoms with Gasteiger partial charge < -0.3 is 15.8 Å². The molecule has 18 heavy (non-hydrogen) atoms. The van der Waals surface area contributed by atoms with Crippen LogP contribution in [0.5, 0.6) is 0 Å². The Balaban J connectivity index is 2.05. The van der Waals surface area contributed by atoms with E-state index in [4.69, 9.17) is 10.5 Å². The van der Waals surface area contributed by atoms with Crippen LogP contribution in [0.2, 0.25) is 0 Å². The molecule has 0 aliphatic carbocycles. The van der Waals surface area contributed by atoms with Crippen LogP contribution in [0.3, 0.4) is 0 Å². The Morgan fingerprint density at radius 1 is 1.56 bits per heavy atom. The van der Waals surface area contributed by atoms with Gasteiger partial charge in [-0.1, -0.05) is 6.92 Å². The highest BCUT2D eigenvalue weighted by Gasteiger charge is 2.21. The van der Waals surface area contributed by atoms with Crippen LogP contribution in [0.25, 0.3) is 0 Å². The summed E-state index contributed by atoms with van der Waals surface area (Å²) in [5.41, 5.74) is 7.94. The Bertz CT molecular complexity index is 364. The zero-order valence-electron chi connectivity index (χ0n) is 11.1. The van der Waals surface area contributed by atoms with E-state index in [0.29, 0.717) is 6.10 Å². The van der Waals surface area contributed by atoms with Crippen molar-refractivity contribution in [1.29, 1.82) is 0 Å². The summed E-state index contributed by atoms with van der Waals surface area (Å²) < 4.78 is 5.81. The first-order valence-electron chi connectivity index (χ1n) is 6.85. The van der Waals surface area contributed by atoms with E-state index in [0.717, 1.165) is 37.2 Å². The molecule has 2 unspecified atom stereocenters. The molecule has 0 spiro atoms. The SMILES string of the molecule is CCNC(CC1CCCCO1)c1cnccc1N. The van der Waals surface area contributed by atoms with E-state index in [1.807, 2.05) is 12.3 Å². The minimum Gasteiger partial charge on any atom is -0.398 e. The number of ether oxygens (including phenoxy) is 1. The highest BCUT2D eigenvalue weighted by Crippen LogP contribution is 2.27. The predicted octanol–water partition coefficient (Wildman–Crippen LogP) is 2.27. The van der Waals surface area contributed by atoms with Crippen LogP contribution in [-0.2, 0) is 4.74 Å². The lowest BCUT2D eigenvalue weighted by atomic mass is 9.96. The van der Waals surface area contributed by atoms with Crippen LogP contribution >= 0.6 is 0 Å². The van der Waals surface area contributed by atoms with Gasteiger partial charge in [-0.2, -0.15) is 0 Å².